The van der Waals surface area contributed by atoms with Crippen LogP contribution >= 0.6 is 0 Å². The van der Waals surface area contributed by atoms with Gasteiger partial charge in [0.25, 0.3) is 0 Å². The average molecular weight is 323 g/mol. The van der Waals surface area contributed by atoms with Gasteiger partial charge in [-0.2, -0.15) is 31.6 Å². The molecule has 2 heterocycles. The van der Waals surface area contributed by atoms with Crippen molar-refractivity contribution in [3.8, 4) is 6.07 Å². The number of aromatic nitrogens is 1. The molecule has 1 aliphatic heterocycles. The van der Waals surface area contributed by atoms with E-state index in [0.29, 0.717) is 6.20 Å². The number of pyridine rings is 1. The van der Waals surface area contributed by atoms with Gasteiger partial charge in [-0.05, 0) is 18.9 Å². The maximum atomic E-state index is 13.0. The molecular formula is C13H11F6N3. The van der Waals surface area contributed by atoms with Crippen LogP contribution in [0.25, 0.3) is 0 Å². The van der Waals surface area contributed by atoms with Crippen molar-refractivity contribution in [2.75, 3.05) is 18.0 Å². The molecule has 0 aliphatic carbocycles. The maximum absolute atomic E-state index is 13.0. The Morgan fingerprint density at radius 2 is 1.73 bits per heavy atom. The lowest BCUT2D eigenvalue weighted by molar-refractivity contribution is -0.179. The maximum Gasteiger partial charge on any atom is 0.419 e. The minimum atomic E-state index is -4.68. The second kappa shape index (κ2) is 5.66. The Hall–Kier alpha value is -1.98. The summed E-state index contributed by atoms with van der Waals surface area (Å²) in [5, 5.41) is 8.74. The van der Waals surface area contributed by atoms with Crippen molar-refractivity contribution in [1.29, 1.82) is 5.26 Å². The number of rotatable bonds is 1. The van der Waals surface area contributed by atoms with Crippen molar-refractivity contribution in [3.05, 3.63) is 23.5 Å². The van der Waals surface area contributed by atoms with Crippen LogP contribution < -0.4 is 4.90 Å². The van der Waals surface area contributed by atoms with E-state index in [2.05, 4.69) is 4.98 Å². The van der Waals surface area contributed by atoms with Crippen LogP contribution in [0, 0.1) is 17.2 Å². The molecule has 1 aromatic heterocycles. The molecule has 1 saturated heterocycles. The van der Waals surface area contributed by atoms with Crippen LogP contribution in [-0.2, 0) is 6.18 Å². The molecule has 120 valence electrons. The van der Waals surface area contributed by atoms with Crippen molar-refractivity contribution >= 4 is 5.69 Å². The number of nitriles is 1. The van der Waals surface area contributed by atoms with E-state index in [4.69, 9.17) is 5.26 Å². The molecule has 1 aliphatic rings. The predicted molar refractivity (Wildman–Crippen MR) is 64.9 cm³/mol. The van der Waals surface area contributed by atoms with Crippen LogP contribution in [0.3, 0.4) is 0 Å². The third-order valence-electron chi connectivity index (χ3n) is 3.60. The summed E-state index contributed by atoms with van der Waals surface area (Å²) in [6.45, 7) is -0.301. The summed E-state index contributed by atoms with van der Waals surface area (Å²) in [6.07, 6.45) is -9.02. The first kappa shape index (κ1) is 16.4. The molecular weight excluding hydrogens is 312 g/mol. The molecule has 1 aromatic rings. The summed E-state index contributed by atoms with van der Waals surface area (Å²) in [5.74, 6) is -1.50. The zero-order valence-electron chi connectivity index (χ0n) is 11.2. The highest BCUT2D eigenvalue weighted by atomic mass is 19.4. The van der Waals surface area contributed by atoms with E-state index in [0.717, 1.165) is 6.07 Å². The number of nitrogens with zero attached hydrogens (tertiary/aromatic N) is 3. The lowest BCUT2D eigenvalue weighted by Gasteiger charge is -2.35. The van der Waals surface area contributed by atoms with Gasteiger partial charge in [0.05, 0.1) is 17.2 Å². The van der Waals surface area contributed by atoms with E-state index in [1.54, 1.807) is 6.07 Å². The molecule has 0 saturated carbocycles. The van der Waals surface area contributed by atoms with Gasteiger partial charge in [-0.3, -0.25) is 0 Å². The van der Waals surface area contributed by atoms with E-state index in [1.807, 2.05) is 0 Å². The minimum Gasteiger partial charge on any atom is -0.371 e. The van der Waals surface area contributed by atoms with E-state index in [1.165, 1.54) is 4.90 Å². The van der Waals surface area contributed by atoms with Gasteiger partial charge in [0.1, 0.15) is 11.8 Å². The van der Waals surface area contributed by atoms with Crippen LogP contribution in [0.15, 0.2) is 12.3 Å². The molecule has 9 heteroatoms. The largest absolute Gasteiger partial charge is 0.419 e. The van der Waals surface area contributed by atoms with Crippen LogP contribution in [0.1, 0.15) is 24.1 Å². The van der Waals surface area contributed by atoms with E-state index >= 15 is 0 Å². The van der Waals surface area contributed by atoms with Crippen molar-refractivity contribution in [2.45, 2.75) is 25.2 Å². The summed E-state index contributed by atoms with van der Waals surface area (Å²) in [6, 6.07) is 2.60. The third-order valence-corrected chi connectivity index (χ3v) is 3.60. The SMILES string of the molecule is N#Cc1cc(N2CCC(C(F)(F)F)CC2)c(C(F)(F)F)cn1. The summed E-state index contributed by atoms with van der Waals surface area (Å²) in [5.41, 5.74) is -1.54. The fourth-order valence-electron chi connectivity index (χ4n) is 2.43. The zero-order chi connectivity index (χ0) is 16.5. The molecule has 0 N–H and O–H groups in total. The molecule has 0 bridgehead atoms. The van der Waals surface area contributed by atoms with E-state index in [-0.39, 0.29) is 37.3 Å². The number of piperidine rings is 1. The number of hydrogen-bond acceptors (Lipinski definition) is 3. The van der Waals surface area contributed by atoms with Crippen LogP contribution in [0.2, 0.25) is 0 Å². The molecule has 1 fully saturated rings. The fraction of sp³-hybridized carbons (Fsp3) is 0.538. The number of hydrogen-bond donors (Lipinski definition) is 0. The highest BCUT2D eigenvalue weighted by Crippen LogP contribution is 2.40. The van der Waals surface area contributed by atoms with Gasteiger partial charge in [-0.1, -0.05) is 0 Å². The topological polar surface area (TPSA) is 39.9 Å². The lowest BCUT2D eigenvalue weighted by Crippen LogP contribution is -2.39. The molecule has 0 spiro atoms. The Bertz CT molecular complexity index is 579. The van der Waals surface area contributed by atoms with Gasteiger partial charge in [-0.15, -0.1) is 0 Å². The first-order valence-electron chi connectivity index (χ1n) is 6.42. The summed E-state index contributed by atoms with van der Waals surface area (Å²) >= 11 is 0. The molecule has 2 rings (SSSR count). The molecule has 0 aromatic carbocycles. The van der Waals surface area contributed by atoms with Gasteiger partial charge in [-0.25, -0.2) is 4.98 Å². The highest BCUT2D eigenvalue weighted by molar-refractivity contribution is 5.56. The fourth-order valence-corrected chi connectivity index (χ4v) is 2.43. The molecule has 0 amide bonds. The molecule has 0 unspecified atom stereocenters. The molecule has 0 radical (unpaired) electrons. The minimum absolute atomic E-state index is 0.151. The van der Waals surface area contributed by atoms with Crippen molar-refractivity contribution in [2.24, 2.45) is 5.92 Å². The predicted octanol–water partition coefficient (Wildman–Crippen LogP) is 3.75. The van der Waals surface area contributed by atoms with Crippen LogP contribution in [-0.4, -0.2) is 24.2 Å². The second-order valence-corrected chi connectivity index (χ2v) is 5.00. The third kappa shape index (κ3) is 3.43. The number of halogens is 6. The Morgan fingerprint density at radius 1 is 1.14 bits per heavy atom. The lowest BCUT2D eigenvalue weighted by atomic mass is 9.95. The van der Waals surface area contributed by atoms with Crippen molar-refractivity contribution in [3.63, 3.8) is 0 Å². The summed E-state index contributed by atoms with van der Waals surface area (Å²) in [4.78, 5) is 4.62. The Kier molecular flexibility index (Phi) is 4.22. The van der Waals surface area contributed by atoms with Gasteiger partial charge < -0.3 is 4.90 Å². The summed E-state index contributed by atoms with van der Waals surface area (Å²) in [7, 11) is 0. The first-order valence-corrected chi connectivity index (χ1v) is 6.42. The van der Waals surface area contributed by atoms with Gasteiger partial charge >= 0.3 is 12.4 Å². The molecule has 22 heavy (non-hydrogen) atoms. The molecule has 0 atom stereocenters. The summed E-state index contributed by atoms with van der Waals surface area (Å²) < 4.78 is 76.7. The Labute approximate surface area is 122 Å². The van der Waals surface area contributed by atoms with Crippen LogP contribution in [0.5, 0.6) is 0 Å². The number of alkyl halides is 6. The Morgan fingerprint density at radius 3 is 2.18 bits per heavy atom. The van der Waals surface area contributed by atoms with Gasteiger partial charge in [0, 0.05) is 19.3 Å². The zero-order valence-corrected chi connectivity index (χ0v) is 11.2. The van der Waals surface area contributed by atoms with Crippen LogP contribution in [0.4, 0.5) is 32.0 Å². The van der Waals surface area contributed by atoms with Gasteiger partial charge in [0.2, 0.25) is 0 Å². The monoisotopic (exact) mass is 323 g/mol. The average Bonchev–Trinajstić information content (AvgIpc) is 2.45. The number of anilines is 1. The standard InChI is InChI=1S/C13H11F6N3/c14-12(15,16)8-1-3-22(4-2-8)11-5-9(6-20)21-7-10(11)13(17,18)19/h5,7-8H,1-4H2. The Balaban J connectivity index is 2.28. The van der Waals surface area contributed by atoms with Gasteiger partial charge in [0.15, 0.2) is 0 Å². The second-order valence-electron chi connectivity index (χ2n) is 5.00. The van der Waals surface area contributed by atoms with Crippen molar-refractivity contribution < 1.29 is 26.3 Å². The highest BCUT2D eigenvalue weighted by Gasteiger charge is 2.42. The smallest absolute Gasteiger partial charge is 0.371 e. The van der Waals surface area contributed by atoms with Crippen molar-refractivity contribution in [1.82, 2.24) is 4.98 Å². The first-order chi connectivity index (χ1) is 10.1. The van der Waals surface area contributed by atoms with E-state index < -0.39 is 23.8 Å². The molecule has 3 nitrogen and oxygen atoms in total. The van der Waals surface area contributed by atoms with E-state index in [9.17, 15) is 26.3 Å². The quantitative estimate of drug-likeness (QED) is 0.739. The normalized spacial score (nSPS) is 17.4.